The van der Waals surface area contributed by atoms with Crippen LogP contribution in [0.5, 0.6) is 5.75 Å². The minimum Gasteiger partial charge on any atom is -0.497 e. The van der Waals surface area contributed by atoms with Gasteiger partial charge in [0.25, 0.3) is 0 Å². The van der Waals surface area contributed by atoms with Crippen molar-refractivity contribution in [2.45, 2.75) is 32.6 Å². The van der Waals surface area contributed by atoms with Gasteiger partial charge in [0.2, 0.25) is 5.91 Å². The highest BCUT2D eigenvalue weighted by atomic mass is 16.5. The summed E-state index contributed by atoms with van der Waals surface area (Å²) < 4.78 is 10.8. The molecule has 1 aromatic carbocycles. The summed E-state index contributed by atoms with van der Waals surface area (Å²) >= 11 is 0. The predicted octanol–water partition coefficient (Wildman–Crippen LogP) is 1.42. The van der Waals surface area contributed by atoms with Crippen molar-refractivity contribution >= 4 is 5.91 Å². The van der Waals surface area contributed by atoms with Crippen LogP contribution in [0.15, 0.2) is 24.3 Å². The molecule has 1 aliphatic heterocycles. The summed E-state index contributed by atoms with van der Waals surface area (Å²) in [5.74, 6) is 0.869. The summed E-state index contributed by atoms with van der Waals surface area (Å²) in [6, 6.07) is 7.70. The molecule has 5 heteroatoms. The average Bonchev–Trinajstić information content (AvgIpc) is 2.44. The van der Waals surface area contributed by atoms with Crippen molar-refractivity contribution in [2.75, 3.05) is 26.7 Å². The van der Waals surface area contributed by atoms with Gasteiger partial charge in [-0.1, -0.05) is 12.1 Å². The smallest absolute Gasteiger partial charge is 0.234 e. The van der Waals surface area contributed by atoms with Gasteiger partial charge in [-0.05, 0) is 31.5 Å². The summed E-state index contributed by atoms with van der Waals surface area (Å²) in [5, 5.41) is 2.95. The Hall–Kier alpha value is -1.59. The molecule has 1 saturated heterocycles. The number of amides is 1. The summed E-state index contributed by atoms with van der Waals surface area (Å²) in [4.78, 5) is 14.1. The number of nitrogens with one attached hydrogen (secondary N) is 1. The lowest BCUT2D eigenvalue weighted by molar-refractivity contribution is -0.126. The molecule has 1 heterocycles. The Labute approximate surface area is 126 Å². The Bertz CT molecular complexity index is 451. The van der Waals surface area contributed by atoms with E-state index in [-0.39, 0.29) is 18.1 Å². The van der Waals surface area contributed by atoms with Gasteiger partial charge >= 0.3 is 0 Å². The zero-order valence-electron chi connectivity index (χ0n) is 13.0. The van der Waals surface area contributed by atoms with Crippen LogP contribution in [0.3, 0.4) is 0 Å². The number of morpholine rings is 1. The zero-order chi connectivity index (χ0) is 15.2. The fourth-order valence-electron chi connectivity index (χ4n) is 2.62. The SMILES string of the molecule is COc1ccc(CNC(=O)CN2C[C@@H](C)O[C@H](C)C2)cc1. The number of rotatable bonds is 5. The largest absolute Gasteiger partial charge is 0.497 e. The second-order valence-electron chi connectivity index (χ2n) is 5.58. The number of methoxy groups -OCH3 is 1. The first-order valence-corrected chi connectivity index (χ1v) is 7.34. The van der Waals surface area contributed by atoms with Crippen LogP contribution in [0.1, 0.15) is 19.4 Å². The molecule has 0 aliphatic carbocycles. The van der Waals surface area contributed by atoms with Gasteiger partial charge in [-0.3, -0.25) is 9.69 Å². The number of ether oxygens (including phenoxy) is 2. The van der Waals surface area contributed by atoms with Crippen molar-refractivity contribution in [3.63, 3.8) is 0 Å². The molecule has 2 rings (SSSR count). The highest BCUT2D eigenvalue weighted by Gasteiger charge is 2.23. The number of hydrogen-bond acceptors (Lipinski definition) is 4. The van der Waals surface area contributed by atoms with Crippen molar-refractivity contribution in [2.24, 2.45) is 0 Å². The zero-order valence-corrected chi connectivity index (χ0v) is 13.0. The van der Waals surface area contributed by atoms with Crippen LogP contribution < -0.4 is 10.1 Å². The third kappa shape index (κ3) is 5.02. The number of benzene rings is 1. The maximum absolute atomic E-state index is 12.0. The Balaban J connectivity index is 1.76. The molecule has 2 atom stereocenters. The molecule has 116 valence electrons. The van der Waals surface area contributed by atoms with Crippen LogP contribution in [0.2, 0.25) is 0 Å². The minimum absolute atomic E-state index is 0.0483. The Morgan fingerprint density at radius 3 is 2.48 bits per heavy atom. The predicted molar refractivity (Wildman–Crippen MR) is 81.3 cm³/mol. The van der Waals surface area contributed by atoms with Gasteiger partial charge in [-0.25, -0.2) is 0 Å². The third-order valence-electron chi connectivity index (χ3n) is 3.51. The molecule has 1 N–H and O–H groups in total. The number of carbonyl (C=O) groups is 1. The van der Waals surface area contributed by atoms with Crippen molar-refractivity contribution in [1.82, 2.24) is 10.2 Å². The van der Waals surface area contributed by atoms with Gasteiger partial charge in [-0.2, -0.15) is 0 Å². The Kier molecular flexibility index (Phi) is 5.59. The van der Waals surface area contributed by atoms with Crippen molar-refractivity contribution in [1.29, 1.82) is 0 Å². The van der Waals surface area contributed by atoms with Crippen LogP contribution in [0, 0.1) is 0 Å². The first-order valence-electron chi connectivity index (χ1n) is 7.34. The first-order chi connectivity index (χ1) is 10.1. The van der Waals surface area contributed by atoms with E-state index < -0.39 is 0 Å². The molecule has 1 aliphatic rings. The summed E-state index contributed by atoms with van der Waals surface area (Å²) in [7, 11) is 1.64. The molecule has 0 bridgehead atoms. The van der Waals surface area contributed by atoms with Gasteiger partial charge in [0.15, 0.2) is 0 Å². The lowest BCUT2D eigenvalue weighted by Gasteiger charge is -2.34. The maximum atomic E-state index is 12.0. The molecule has 1 fully saturated rings. The van der Waals surface area contributed by atoms with Crippen molar-refractivity contribution < 1.29 is 14.3 Å². The fraction of sp³-hybridized carbons (Fsp3) is 0.562. The van der Waals surface area contributed by atoms with Crippen LogP contribution in [0.25, 0.3) is 0 Å². The van der Waals surface area contributed by atoms with Crippen LogP contribution in [0.4, 0.5) is 0 Å². The lowest BCUT2D eigenvalue weighted by atomic mass is 10.2. The molecular formula is C16H24N2O3. The van der Waals surface area contributed by atoms with Crippen molar-refractivity contribution in [3.05, 3.63) is 29.8 Å². The molecule has 0 radical (unpaired) electrons. The third-order valence-corrected chi connectivity index (χ3v) is 3.51. The molecule has 1 aromatic rings. The van der Waals surface area contributed by atoms with E-state index in [1.54, 1.807) is 7.11 Å². The van der Waals surface area contributed by atoms with Gasteiger partial charge in [0, 0.05) is 19.6 Å². The molecule has 1 amide bonds. The van der Waals surface area contributed by atoms with Crippen LogP contribution in [-0.2, 0) is 16.1 Å². The summed E-state index contributed by atoms with van der Waals surface area (Å²) in [5.41, 5.74) is 1.06. The van der Waals surface area contributed by atoms with Crippen molar-refractivity contribution in [3.8, 4) is 5.75 Å². The van der Waals surface area contributed by atoms with E-state index >= 15 is 0 Å². The lowest BCUT2D eigenvalue weighted by Crippen LogP contribution is -2.49. The number of hydrogen-bond donors (Lipinski definition) is 1. The van der Waals surface area contributed by atoms with E-state index in [1.807, 2.05) is 38.1 Å². The van der Waals surface area contributed by atoms with Crippen LogP contribution in [-0.4, -0.2) is 49.8 Å². The maximum Gasteiger partial charge on any atom is 0.234 e. The summed E-state index contributed by atoms with van der Waals surface area (Å²) in [6.07, 6.45) is 0.367. The molecule has 0 spiro atoms. The highest BCUT2D eigenvalue weighted by molar-refractivity contribution is 5.78. The average molecular weight is 292 g/mol. The van der Waals surface area contributed by atoms with E-state index in [4.69, 9.17) is 9.47 Å². The Morgan fingerprint density at radius 1 is 1.29 bits per heavy atom. The second-order valence-corrected chi connectivity index (χ2v) is 5.58. The number of carbonyl (C=O) groups excluding carboxylic acids is 1. The van der Waals surface area contributed by atoms with Gasteiger partial charge < -0.3 is 14.8 Å². The van der Waals surface area contributed by atoms with Crippen LogP contribution >= 0.6 is 0 Å². The molecule has 0 unspecified atom stereocenters. The highest BCUT2D eigenvalue weighted by Crippen LogP contribution is 2.11. The summed E-state index contributed by atoms with van der Waals surface area (Å²) in [6.45, 7) is 6.66. The van der Waals surface area contributed by atoms with E-state index in [9.17, 15) is 4.79 Å². The second kappa shape index (κ2) is 7.43. The van der Waals surface area contributed by atoms with E-state index in [0.29, 0.717) is 13.1 Å². The van der Waals surface area contributed by atoms with Gasteiger partial charge in [-0.15, -0.1) is 0 Å². The molecule has 0 saturated carbocycles. The quantitative estimate of drug-likeness (QED) is 0.892. The first kappa shape index (κ1) is 15.8. The Morgan fingerprint density at radius 2 is 1.90 bits per heavy atom. The minimum atomic E-state index is 0.0483. The number of nitrogens with zero attached hydrogens (tertiary/aromatic N) is 1. The molecule has 21 heavy (non-hydrogen) atoms. The molecule has 0 aromatic heterocycles. The van der Waals surface area contributed by atoms with Gasteiger partial charge in [0.1, 0.15) is 5.75 Å². The van der Waals surface area contributed by atoms with E-state index in [1.165, 1.54) is 0 Å². The van der Waals surface area contributed by atoms with E-state index in [0.717, 1.165) is 24.4 Å². The normalized spacial score (nSPS) is 22.8. The van der Waals surface area contributed by atoms with E-state index in [2.05, 4.69) is 10.2 Å². The topological polar surface area (TPSA) is 50.8 Å². The fourth-order valence-corrected chi connectivity index (χ4v) is 2.62. The molecular weight excluding hydrogens is 268 g/mol. The molecule has 5 nitrogen and oxygen atoms in total. The van der Waals surface area contributed by atoms with Gasteiger partial charge in [0.05, 0.1) is 25.9 Å². The standard InChI is InChI=1S/C16H24N2O3/c1-12-9-18(10-13(2)21-12)11-16(19)17-8-14-4-6-15(20-3)7-5-14/h4-7,12-13H,8-11H2,1-3H3,(H,17,19)/t12-,13-/m1/s1. The monoisotopic (exact) mass is 292 g/mol.